The van der Waals surface area contributed by atoms with E-state index in [9.17, 15) is 4.39 Å². The van der Waals surface area contributed by atoms with E-state index in [1.165, 1.54) is 12.3 Å². The second kappa shape index (κ2) is 7.40. The molecule has 1 aromatic rings. The molecule has 19 heavy (non-hydrogen) atoms. The van der Waals surface area contributed by atoms with Crippen molar-refractivity contribution in [2.45, 2.75) is 38.8 Å². The van der Waals surface area contributed by atoms with Crippen LogP contribution in [0.3, 0.4) is 0 Å². The highest BCUT2D eigenvalue weighted by atomic mass is 19.1. The third-order valence-corrected chi connectivity index (χ3v) is 3.06. The average Bonchev–Trinajstić information content (AvgIpc) is 2.91. The van der Waals surface area contributed by atoms with Crippen LogP contribution in [0.4, 0.5) is 4.39 Å². The van der Waals surface area contributed by atoms with Gasteiger partial charge in [0.2, 0.25) is 5.88 Å². The fourth-order valence-electron chi connectivity index (χ4n) is 2.07. The molecule has 1 unspecified atom stereocenters. The molecule has 1 saturated heterocycles. The fourth-order valence-corrected chi connectivity index (χ4v) is 2.07. The summed E-state index contributed by atoms with van der Waals surface area (Å²) in [6.07, 6.45) is 4.46. The second-order valence-electron chi connectivity index (χ2n) is 4.74. The largest absolute Gasteiger partial charge is 0.475 e. The molecule has 1 aliphatic heterocycles. The normalized spacial score (nSPS) is 18.7. The Balaban J connectivity index is 1.92. The number of nitrogens with one attached hydrogen (secondary N) is 1. The summed E-state index contributed by atoms with van der Waals surface area (Å²) in [7, 11) is 0. The van der Waals surface area contributed by atoms with Crippen LogP contribution in [0, 0.1) is 5.82 Å². The summed E-state index contributed by atoms with van der Waals surface area (Å²) in [5.74, 6) is 0.165. The van der Waals surface area contributed by atoms with E-state index in [1.807, 2.05) is 0 Å². The molecule has 1 aliphatic rings. The molecule has 0 bridgehead atoms. The van der Waals surface area contributed by atoms with Gasteiger partial charge < -0.3 is 14.8 Å². The molecule has 2 heterocycles. The van der Waals surface area contributed by atoms with Crippen LogP contribution in [0.25, 0.3) is 0 Å². The Labute approximate surface area is 113 Å². The smallest absolute Gasteiger partial charge is 0.218 e. The van der Waals surface area contributed by atoms with Crippen molar-refractivity contribution in [1.29, 1.82) is 0 Å². The van der Waals surface area contributed by atoms with Gasteiger partial charge in [-0.1, -0.05) is 6.92 Å². The highest BCUT2D eigenvalue weighted by molar-refractivity contribution is 5.26. The molecule has 0 aliphatic carbocycles. The van der Waals surface area contributed by atoms with Crippen molar-refractivity contribution in [3.63, 3.8) is 0 Å². The Hall–Kier alpha value is -1.20. The first-order valence-electron chi connectivity index (χ1n) is 6.89. The quantitative estimate of drug-likeness (QED) is 0.770. The summed E-state index contributed by atoms with van der Waals surface area (Å²) in [6.45, 7) is 4.84. The molecule has 0 aromatic carbocycles. The molecule has 106 valence electrons. The predicted octanol–water partition coefficient (Wildman–Crippen LogP) is 2.28. The summed E-state index contributed by atoms with van der Waals surface area (Å²) < 4.78 is 24.4. The standard InChI is InChI=1S/C14H21FN2O2/c1-2-5-16-8-11-7-12(15)9-17-14(11)19-10-13-4-3-6-18-13/h7,9,13,16H,2-6,8,10H2,1H3. The minimum atomic E-state index is -0.335. The van der Waals surface area contributed by atoms with E-state index in [0.29, 0.717) is 19.0 Å². The molecule has 1 fully saturated rings. The summed E-state index contributed by atoms with van der Waals surface area (Å²) in [4.78, 5) is 4.03. The van der Waals surface area contributed by atoms with Gasteiger partial charge in [-0.25, -0.2) is 9.37 Å². The van der Waals surface area contributed by atoms with Gasteiger partial charge in [0.1, 0.15) is 12.4 Å². The van der Waals surface area contributed by atoms with Crippen LogP contribution < -0.4 is 10.1 Å². The predicted molar refractivity (Wildman–Crippen MR) is 70.7 cm³/mol. The third kappa shape index (κ3) is 4.44. The first-order chi connectivity index (χ1) is 9.29. The SMILES string of the molecule is CCCNCc1cc(F)cnc1OCC1CCCO1. The minimum Gasteiger partial charge on any atom is -0.475 e. The zero-order chi connectivity index (χ0) is 13.5. The number of hydrogen-bond donors (Lipinski definition) is 1. The van der Waals surface area contributed by atoms with Gasteiger partial charge in [-0.05, 0) is 31.9 Å². The minimum absolute atomic E-state index is 0.142. The lowest BCUT2D eigenvalue weighted by Crippen LogP contribution is -2.19. The Bertz CT molecular complexity index is 395. The second-order valence-corrected chi connectivity index (χ2v) is 4.74. The van der Waals surface area contributed by atoms with Crippen molar-refractivity contribution in [1.82, 2.24) is 10.3 Å². The lowest BCUT2D eigenvalue weighted by molar-refractivity contribution is 0.0658. The zero-order valence-electron chi connectivity index (χ0n) is 11.3. The molecule has 0 radical (unpaired) electrons. The van der Waals surface area contributed by atoms with Crippen LogP contribution in [0.5, 0.6) is 5.88 Å². The highest BCUT2D eigenvalue weighted by Crippen LogP contribution is 2.18. The summed E-state index contributed by atoms with van der Waals surface area (Å²) in [5.41, 5.74) is 0.756. The number of pyridine rings is 1. The van der Waals surface area contributed by atoms with Gasteiger partial charge in [-0.2, -0.15) is 0 Å². The van der Waals surface area contributed by atoms with Crippen molar-refractivity contribution in [3.05, 3.63) is 23.6 Å². The van der Waals surface area contributed by atoms with Gasteiger partial charge in [0.15, 0.2) is 0 Å². The van der Waals surface area contributed by atoms with Gasteiger partial charge in [0, 0.05) is 18.7 Å². The molecule has 1 aromatic heterocycles. The first-order valence-corrected chi connectivity index (χ1v) is 6.89. The summed E-state index contributed by atoms with van der Waals surface area (Å²) >= 11 is 0. The van der Waals surface area contributed by atoms with Crippen LogP contribution in [-0.4, -0.2) is 30.8 Å². The molecule has 0 amide bonds. The van der Waals surface area contributed by atoms with E-state index in [-0.39, 0.29) is 11.9 Å². The molecule has 4 nitrogen and oxygen atoms in total. The molecular weight excluding hydrogens is 247 g/mol. The number of hydrogen-bond acceptors (Lipinski definition) is 4. The third-order valence-electron chi connectivity index (χ3n) is 3.06. The van der Waals surface area contributed by atoms with E-state index in [2.05, 4.69) is 17.2 Å². The van der Waals surface area contributed by atoms with Crippen LogP contribution in [0.1, 0.15) is 31.7 Å². The van der Waals surface area contributed by atoms with Crippen molar-refractivity contribution in [2.75, 3.05) is 19.8 Å². The van der Waals surface area contributed by atoms with E-state index in [1.54, 1.807) is 0 Å². The number of rotatable bonds is 7. The number of ether oxygens (including phenoxy) is 2. The molecule has 1 N–H and O–H groups in total. The molecule has 0 spiro atoms. The molecule has 0 saturated carbocycles. The average molecular weight is 268 g/mol. The first kappa shape index (κ1) is 14.2. The van der Waals surface area contributed by atoms with Crippen LogP contribution in [-0.2, 0) is 11.3 Å². The molecule has 2 rings (SSSR count). The summed E-state index contributed by atoms with van der Waals surface area (Å²) in [5, 5.41) is 3.23. The van der Waals surface area contributed by atoms with Crippen molar-refractivity contribution in [2.24, 2.45) is 0 Å². The van der Waals surface area contributed by atoms with E-state index < -0.39 is 0 Å². The number of nitrogens with zero attached hydrogens (tertiary/aromatic N) is 1. The Morgan fingerprint density at radius 1 is 1.58 bits per heavy atom. The zero-order valence-corrected chi connectivity index (χ0v) is 11.3. The van der Waals surface area contributed by atoms with Crippen molar-refractivity contribution in [3.8, 4) is 5.88 Å². The molecular formula is C14H21FN2O2. The van der Waals surface area contributed by atoms with Gasteiger partial charge in [0.05, 0.1) is 12.3 Å². The maximum absolute atomic E-state index is 13.2. The monoisotopic (exact) mass is 268 g/mol. The van der Waals surface area contributed by atoms with E-state index in [4.69, 9.17) is 9.47 Å². The Kier molecular flexibility index (Phi) is 5.54. The molecule has 1 atom stereocenters. The Morgan fingerprint density at radius 3 is 3.21 bits per heavy atom. The van der Waals surface area contributed by atoms with E-state index in [0.717, 1.165) is 38.0 Å². The van der Waals surface area contributed by atoms with E-state index >= 15 is 0 Å². The maximum atomic E-state index is 13.2. The summed E-state index contributed by atoms with van der Waals surface area (Å²) in [6, 6.07) is 1.47. The topological polar surface area (TPSA) is 43.4 Å². The van der Waals surface area contributed by atoms with Crippen LogP contribution in [0.15, 0.2) is 12.3 Å². The fraction of sp³-hybridized carbons (Fsp3) is 0.643. The van der Waals surface area contributed by atoms with Crippen molar-refractivity contribution < 1.29 is 13.9 Å². The lowest BCUT2D eigenvalue weighted by Gasteiger charge is -2.14. The van der Waals surface area contributed by atoms with Crippen molar-refractivity contribution >= 4 is 0 Å². The lowest BCUT2D eigenvalue weighted by atomic mass is 10.2. The number of halogens is 1. The van der Waals surface area contributed by atoms with Crippen LogP contribution >= 0.6 is 0 Å². The van der Waals surface area contributed by atoms with Gasteiger partial charge in [-0.15, -0.1) is 0 Å². The van der Waals surface area contributed by atoms with Crippen LogP contribution in [0.2, 0.25) is 0 Å². The molecule has 5 heteroatoms. The van der Waals surface area contributed by atoms with Gasteiger partial charge in [-0.3, -0.25) is 0 Å². The number of aromatic nitrogens is 1. The Morgan fingerprint density at radius 2 is 2.47 bits per heavy atom. The van der Waals surface area contributed by atoms with Gasteiger partial charge in [0.25, 0.3) is 0 Å². The maximum Gasteiger partial charge on any atom is 0.218 e. The van der Waals surface area contributed by atoms with Gasteiger partial charge >= 0.3 is 0 Å². The highest BCUT2D eigenvalue weighted by Gasteiger charge is 2.17.